The number of ether oxygens (including phenoxy) is 1. The molecule has 0 bridgehead atoms. The smallest absolute Gasteiger partial charge is 0.119 e. The zero-order chi connectivity index (χ0) is 8.81. The van der Waals surface area contributed by atoms with Gasteiger partial charge in [0.25, 0.3) is 0 Å². The highest BCUT2D eigenvalue weighted by atomic mass is 127. The predicted molar refractivity (Wildman–Crippen MR) is 56.8 cm³/mol. The fourth-order valence-electron chi connectivity index (χ4n) is 0.756. The quantitative estimate of drug-likeness (QED) is 0.673. The van der Waals surface area contributed by atoms with Crippen LogP contribution in [-0.4, -0.2) is 22.2 Å². The van der Waals surface area contributed by atoms with Crippen LogP contribution in [0.25, 0.3) is 0 Å². The molecule has 1 unspecified atom stereocenters. The maximum Gasteiger partial charge on any atom is 0.119 e. The monoisotopic (exact) mass is 278 g/mol. The summed E-state index contributed by atoms with van der Waals surface area (Å²) in [6, 6.07) is 9.61. The number of aliphatic hydroxyl groups is 1. The van der Waals surface area contributed by atoms with E-state index in [1.54, 1.807) is 0 Å². The molecule has 0 aliphatic rings. The highest BCUT2D eigenvalue weighted by Crippen LogP contribution is 2.10. The third-order valence-corrected chi connectivity index (χ3v) is 2.13. The molecule has 1 aromatic rings. The summed E-state index contributed by atoms with van der Waals surface area (Å²) < 4.78 is 5.56. The lowest BCUT2D eigenvalue weighted by Crippen LogP contribution is -2.14. The molecule has 0 fully saturated rings. The summed E-state index contributed by atoms with van der Waals surface area (Å²) in [7, 11) is 0. The van der Waals surface area contributed by atoms with Crippen LogP contribution in [0.15, 0.2) is 30.3 Å². The van der Waals surface area contributed by atoms with Gasteiger partial charge in [-0.2, -0.15) is 0 Å². The average Bonchev–Trinajstić information content (AvgIpc) is 2.16. The fourth-order valence-corrected chi connectivity index (χ4v) is 0.936. The molecule has 0 saturated carbocycles. The van der Waals surface area contributed by atoms with Crippen molar-refractivity contribution in [3.05, 3.63) is 30.3 Å². The summed E-state index contributed by atoms with van der Waals surface area (Å²) in [6.45, 7) is 0.717. The largest absolute Gasteiger partial charge is 0.492 e. The van der Waals surface area contributed by atoms with Gasteiger partial charge in [-0.25, -0.2) is 0 Å². The minimum Gasteiger partial charge on any atom is -0.492 e. The van der Waals surface area contributed by atoms with E-state index in [4.69, 9.17) is 9.84 Å². The van der Waals surface area contributed by atoms with Crippen LogP contribution >= 0.6 is 22.6 Å². The maximum atomic E-state index is 8.73. The van der Waals surface area contributed by atoms with Crippen molar-refractivity contribution in [1.29, 1.82) is 0 Å². The third kappa shape index (κ3) is 3.40. The summed E-state index contributed by atoms with van der Waals surface area (Å²) >= 11 is 2.16. The van der Waals surface area contributed by atoms with Gasteiger partial charge in [-0.3, -0.25) is 0 Å². The molecule has 0 aliphatic heterocycles. The van der Waals surface area contributed by atoms with Crippen molar-refractivity contribution in [1.82, 2.24) is 0 Å². The van der Waals surface area contributed by atoms with Gasteiger partial charge in [0.15, 0.2) is 0 Å². The van der Waals surface area contributed by atoms with Gasteiger partial charge >= 0.3 is 0 Å². The van der Waals surface area contributed by atoms with Crippen LogP contribution in [0.1, 0.15) is 0 Å². The number of halogens is 1. The number of benzene rings is 1. The predicted octanol–water partition coefficient (Wildman–Crippen LogP) is 1.86. The molecule has 2 nitrogen and oxygen atoms in total. The first-order chi connectivity index (χ1) is 5.83. The van der Waals surface area contributed by atoms with Crippen LogP contribution < -0.4 is 4.74 Å². The molecule has 1 atom stereocenters. The van der Waals surface area contributed by atoms with E-state index in [0.29, 0.717) is 6.61 Å². The van der Waals surface area contributed by atoms with Crippen LogP contribution in [-0.2, 0) is 0 Å². The molecular formula is C9H11IO2. The minimum absolute atomic E-state index is 0.160. The standard InChI is InChI=1S/C9H11IO2/c10-8(6-11)7-12-9-4-2-1-3-5-9/h1-5,8,11H,6-7H2. The van der Waals surface area contributed by atoms with Gasteiger partial charge in [0.05, 0.1) is 10.5 Å². The Labute approximate surface area is 85.7 Å². The second kappa shape index (κ2) is 5.37. The molecule has 1 N–H and O–H groups in total. The van der Waals surface area contributed by atoms with Crippen molar-refractivity contribution in [2.24, 2.45) is 0 Å². The Kier molecular flexibility index (Phi) is 4.39. The van der Waals surface area contributed by atoms with Gasteiger partial charge in [-0.1, -0.05) is 40.8 Å². The molecule has 0 spiro atoms. The molecule has 0 saturated heterocycles. The first-order valence-corrected chi connectivity index (χ1v) is 5.00. The molecule has 0 heterocycles. The Balaban J connectivity index is 2.33. The highest BCUT2D eigenvalue weighted by Gasteiger charge is 2.01. The van der Waals surface area contributed by atoms with Crippen molar-refractivity contribution in [2.45, 2.75) is 3.92 Å². The lowest BCUT2D eigenvalue weighted by molar-refractivity contribution is 0.247. The van der Waals surface area contributed by atoms with Crippen LogP contribution in [0.5, 0.6) is 5.75 Å². The molecule has 1 aromatic carbocycles. The van der Waals surface area contributed by atoms with E-state index in [9.17, 15) is 0 Å². The van der Waals surface area contributed by atoms with E-state index < -0.39 is 0 Å². The molecule has 1 rings (SSSR count). The topological polar surface area (TPSA) is 29.5 Å². The summed E-state index contributed by atoms with van der Waals surface area (Å²) in [5.41, 5.74) is 0. The van der Waals surface area contributed by atoms with Crippen molar-refractivity contribution >= 4 is 22.6 Å². The number of hydrogen-bond acceptors (Lipinski definition) is 2. The second-order valence-electron chi connectivity index (χ2n) is 2.40. The Morgan fingerprint density at radius 2 is 2.00 bits per heavy atom. The zero-order valence-corrected chi connectivity index (χ0v) is 8.77. The van der Waals surface area contributed by atoms with E-state index in [-0.39, 0.29) is 10.5 Å². The summed E-state index contributed by atoms with van der Waals surface area (Å²) in [4.78, 5) is 0. The molecule has 3 heteroatoms. The lowest BCUT2D eigenvalue weighted by Gasteiger charge is -2.08. The van der Waals surface area contributed by atoms with Gasteiger partial charge in [0, 0.05) is 0 Å². The molecule has 0 radical (unpaired) electrons. The Hall–Kier alpha value is -0.290. The van der Waals surface area contributed by atoms with E-state index in [0.717, 1.165) is 5.75 Å². The zero-order valence-electron chi connectivity index (χ0n) is 6.61. The van der Waals surface area contributed by atoms with Gasteiger partial charge in [0.1, 0.15) is 12.4 Å². The maximum absolute atomic E-state index is 8.73. The number of aliphatic hydroxyl groups excluding tert-OH is 1. The molecule has 0 aliphatic carbocycles. The Morgan fingerprint density at radius 1 is 1.33 bits per heavy atom. The average molecular weight is 278 g/mol. The van der Waals surface area contributed by atoms with Crippen molar-refractivity contribution < 1.29 is 9.84 Å². The van der Waals surface area contributed by atoms with Crippen LogP contribution in [0.3, 0.4) is 0 Å². The summed E-state index contributed by atoms with van der Waals surface area (Å²) in [5, 5.41) is 8.73. The minimum atomic E-state index is 0.160. The number of alkyl halides is 1. The fraction of sp³-hybridized carbons (Fsp3) is 0.333. The van der Waals surface area contributed by atoms with Crippen LogP contribution in [0.4, 0.5) is 0 Å². The molecule has 0 amide bonds. The number of hydrogen-bond donors (Lipinski definition) is 1. The van der Waals surface area contributed by atoms with Crippen molar-refractivity contribution in [2.75, 3.05) is 13.2 Å². The SMILES string of the molecule is OCC(I)COc1ccccc1. The number of rotatable bonds is 4. The second-order valence-corrected chi connectivity index (χ2v) is 4.17. The Morgan fingerprint density at radius 3 is 2.58 bits per heavy atom. The van der Waals surface area contributed by atoms with Gasteiger partial charge in [-0.05, 0) is 12.1 Å². The molecule has 0 aromatic heterocycles. The van der Waals surface area contributed by atoms with Crippen LogP contribution in [0.2, 0.25) is 0 Å². The van der Waals surface area contributed by atoms with Gasteiger partial charge in [-0.15, -0.1) is 0 Å². The molecular weight excluding hydrogens is 267 g/mol. The molecule has 12 heavy (non-hydrogen) atoms. The first-order valence-electron chi connectivity index (χ1n) is 3.75. The summed E-state index contributed by atoms with van der Waals surface area (Å²) in [6.07, 6.45) is 0. The lowest BCUT2D eigenvalue weighted by atomic mass is 10.3. The first kappa shape index (κ1) is 9.80. The van der Waals surface area contributed by atoms with Crippen molar-refractivity contribution in [3.8, 4) is 5.75 Å². The Bertz CT molecular complexity index is 213. The highest BCUT2D eigenvalue weighted by molar-refractivity contribution is 14.1. The van der Waals surface area contributed by atoms with E-state index in [2.05, 4.69) is 22.6 Å². The number of para-hydroxylation sites is 1. The van der Waals surface area contributed by atoms with Crippen molar-refractivity contribution in [3.63, 3.8) is 0 Å². The van der Waals surface area contributed by atoms with E-state index in [1.165, 1.54) is 0 Å². The van der Waals surface area contributed by atoms with Gasteiger partial charge in [0.2, 0.25) is 0 Å². The van der Waals surface area contributed by atoms with Crippen LogP contribution in [0, 0.1) is 0 Å². The van der Waals surface area contributed by atoms with Gasteiger partial charge < -0.3 is 9.84 Å². The normalized spacial score (nSPS) is 12.5. The van der Waals surface area contributed by atoms with E-state index in [1.807, 2.05) is 30.3 Å². The molecule has 66 valence electrons. The summed E-state index contributed by atoms with van der Waals surface area (Å²) in [5.74, 6) is 0.854. The van der Waals surface area contributed by atoms with E-state index >= 15 is 0 Å². The third-order valence-electron chi connectivity index (χ3n) is 1.37.